The summed E-state index contributed by atoms with van der Waals surface area (Å²) in [4.78, 5) is 22.2. The van der Waals surface area contributed by atoms with Crippen LogP contribution in [0.1, 0.15) is 12.0 Å². The van der Waals surface area contributed by atoms with E-state index >= 15 is 0 Å². The summed E-state index contributed by atoms with van der Waals surface area (Å²) in [5, 5.41) is 14.3. The largest absolute Gasteiger partial charge is 0.481 e. The second-order valence-corrected chi connectivity index (χ2v) is 4.31. The fraction of sp³-hybridized carbons (Fsp3) is 0.429. The number of aryl methyl sites for hydroxylation is 1. The van der Waals surface area contributed by atoms with Crippen molar-refractivity contribution in [2.45, 2.75) is 12.8 Å². The maximum Gasteiger partial charge on any atom is 0.303 e. The summed E-state index contributed by atoms with van der Waals surface area (Å²) < 4.78 is 4.86. The van der Waals surface area contributed by atoms with Gasteiger partial charge in [0, 0.05) is 25.8 Å². The average Bonchev–Trinajstić information content (AvgIpc) is 2.42. The fourth-order valence-corrected chi connectivity index (χ4v) is 1.64. The third-order valence-electron chi connectivity index (χ3n) is 2.61. The van der Waals surface area contributed by atoms with Crippen LogP contribution in [-0.2, 0) is 20.7 Å². The Morgan fingerprint density at radius 2 is 2.15 bits per heavy atom. The van der Waals surface area contributed by atoms with E-state index in [1.54, 1.807) is 25.3 Å². The molecule has 20 heavy (non-hydrogen) atoms. The average molecular weight is 280 g/mol. The number of carbonyl (C=O) groups excluding carboxylic acids is 1. The topological polar surface area (TPSA) is 87.7 Å². The van der Waals surface area contributed by atoms with Crippen molar-refractivity contribution in [1.29, 1.82) is 0 Å². The smallest absolute Gasteiger partial charge is 0.303 e. The summed E-state index contributed by atoms with van der Waals surface area (Å²) in [6.07, 6.45) is 0.529. The highest BCUT2D eigenvalue weighted by molar-refractivity contribution is 5.92. The molecule has 0 aliphatic heterocycles. The third-order valence-corrected chi connectivity index (χ3v) is 2.61. The number of hydrogen-bond acceptors (Lipinski definition) is 4. The van der Waals surface area contributed by atoms with Gasteiger partial charge in [0.15, 0.2) is 0 Å². The molecule has 3 N–H and O–H groups in total. The molecule has 1 rings (SSSR count). The Balaban J connectivity index is 2.40. The van der Waals surface area contributed by atoms with Crippen LogP contribution in [-0.4, -0.2) is 43.8 Å². The highest BCUT2D eigenvalue weighted by Gasteiger charge is 2.04. The van der Waals surface area contributed by atoms with Gasteiger partial charge in [0.25, 0.3) is 0 Å². The molecule has 0 heterocycles. The van der Waals surface area contributed by atoms with Gasteiger partial charge in [-0.25, -0.2) is 0 Å². The molecule has 0 bridgehead atoms. The Morgan fingerprint density at radius 1 is 1.35 bits per heavy atom. The molecule has 0 fully saturated rings. The molecule has 6 nitrogen and oxygen atoms in total. The van der Waals surface area contributed by atoms with Crippen molar-refractivity contribution in [3.8, 4) is 0 Å². The summed E-state index contributed by atoms with van der Waals surface area (Å²) in [7, 11) is 1.60. The quantitative estimate of drug-likeness (QED) is 0.584. The minimum Gasteiger partial charge on any atom is -0.481 e. The number of carboxylic acids is 1. The van der Waals surface area contributed by atoms with Crippen molar-refractivity contribution in [2.24, 2.45) is 0 Å². The number of hydrogen-bond donors (Lipinski definition) is 3. The maximum absolute atomic E-state index is 11.6. The summed E-state index contributed by atoms with van der Waals surface area (Å²) in [6, 6.07) is 7.20. The number of benzene rings is 1. The molecule has 0 unspecified atom stereocenters. The second kappa shape index (κ2) is 9.06. The standard InChI is InChI=1S/C14H20N2O4/c1-20-8-7-15-10-13(17)16-12-4-2-3-11(9-12)5-6-14(18)19/h2-4,9,15H,5-8,10H2,1H3,(H,16,17)(H,18,19). The molecule has 1 aromatic rings. The zero-order valence-electron chi connectivity index (χ0n) is 11.5. The number of anilines is 1. The number of ether oxygens (including phenoxy) is 1. The third kappa shape index (κ3) is 6.86. The Hall–Kier alpha value is -1.92. The van der Waals surface area contributed by atoms with Crippen molar-refractivity contribution in [3.63, 3.8) is 0 Å². The van der Waals surface area contributed by atoms with Gasteiger partial charge in [-0.2, -0.15) is 0 Å². The van der Waals surface area contributed by atoms with Crippen molar-refractivity contribution in [2.75, 3.05) is 32.1 Å². The lowest BCUT2D eigenvalue weighted by molar-refractivity contribution is -0.137. The number of aliphatic carboxylic acids is 1. The first kappa shape index (κ1) is 16.1. The molecular formula is C14H20N2O4. The van der Waals surface area contributed by atoms with Crippen LogP contribution >= 0.6 is 0 Å². The second-order valence-electron chi connectivity index (χ2n) is 4.31. The minimum absolute atomic E-state index is 0.0793. The predicted molar refractivity (Wildman–Crippen MR) is 75.8 cm³/mol. The van der Waals surface area contributed by atoms with Crippen LogP contribution in [0.5, 0.6) is 0 Å². The van der Waals surface area contributed by atoms with Crippen LogP contribution in [0.2, 0.25) is 0 Å². The zero-order chi connectivity index (χ0) is 14.8. The summed E-state index contributed by atoms with van der Waals surface area (Å²) in [5.74, 6) is -0.974. The van der Waals surface area contributed by atoms with Gasteiger partial charge in [0.1, 0.15) is 0 Å². The summed E-state index contributed by atoms with van der Waals surface area (Å²) in [5.41, 5.74) is 1.56. The molecular weight excluding hydrogens is 260 g/mol. The van der Waals surface area contributed by atoms with E-state index in [-0.39, 0.29) is 18.9 Å². The Morgan fingerprint density at radius 3 is 2.85 bits per heavy atom. The van der Waals surface area contributed by atoms with Gasteiger partial charge in [-0.1, -0.05) is 12.1 Å². The van der Waals surface area contributed by atoms with E-state index in [9.17, 15) is 9.59 Å². The van der Waals surface area contributed by atoms with E-state index in [0.29, 0.717) is 25.3 Å². The molecule has 0 atom stereocenters. The normalized spacial score (nSPS) is 10.2. The van der Waals surface area contributed by atoms with E-state index in [0.717, 1.165) is 5.56 Å². The first-order valence-electron chi connectivity index (χ1n) is 6.42. The lowest BCUT2D eigenvalue weighted by atomic mass is 10.1. The Kier molecular flexibility index (Phi) is 7.31. The van der Waals surface area contributed by atoms with Crippen molar-refractivity contribution < 1.29 is 19.4 Å². The first-order chi connectivity index (χ1) is 9.61. The van der Waals surface area contributed by atoms with Crippen LogP contribution in [0, 0.1) is 0 Å². The van der Waals surface area contributed by atoms with E-state index < -0.39 is 5.97 Å². The molecule has 0 saturated heterocycles. The number of amides is 1. The van der Waals surface area contributed by atoms with Crippen LogP contribution in [0.3, 0.4) is 0 Å². The zero-order valence-corrected chi connectivity index (χ0v) is 11.5. The summed E-state index contributed by atoms with van der Waals surface area (Å²) in [6.45, 7) is 1.38. The number of methoxy groups -OCH3 is 1. The van der Waals surface area contributed by atoms with Gasteiger partial charge in [-0.05, 0) is 24.1 Å². The number of nitrogens with one attached hydrogen (secondary N) is 2. The molecule has 110 valence electrons. The van der Waals surface area contributed by atoms with Crippen molar-refractivity contribution in [1.82, 2.24) is 5.32 Å². The van der Waals surface area contributed by atoms with Crippen LogP contribution < -0.4 is 10.6 Å². The highest BCUT2D eigenvalue weighted by Crippen LogP contribution is 2.12. The Labute approximate surface area is 118 Å². The monoisotopic (exact) mass is 280 g/mol. The molecule has 0 radical (unpaired) electrons. The molecule has 0 aromatic heterocycles. The van der Waals surface area contributed by atoms with E-state index in [4.69, 9.17) is 9.84 Å². The van der Waals surface area contributed by atoms with Crippen molar-refractivity contribution in [3.05, 3.63) is 29.8 Å². The molecule has 0 aliphatic carbocycles. The van der Waals surface area contributed by atoms with E-state index in [1.807, 2.05) is 6.07 Å². The fourth-order valence-electron chi connectivity index (χ4n) is 1.64. The molecule has 1 aromatic carbocycles. The van der Waals surface area contributed by atoms with E-state index in [1.165, 1.54) is 0 Å². The first-order valence-corrected chi connectivity index (χ1v) is 6.42. The van der Waals surface area contributed by atoms with Crippen LogP contribution in [0.4, 0.5) is 5.69 Å². The van der Waals surface area contributed by atoms with Gasteiger partial charge >= 0.3 is 5.97 Å². The molecule has 6 heteroatoms. The van der Waals surface area contributed by atoms with E-state index in [2.05, 4.69) is 10.6 Å². The van der Waals surface area contributed by atoms with Crippen LogP contribution in [0.25, 0.3) is 0 Å². The lowest BCUT2D eigenvalue weighted by Crippen LogP contribution is -2.30. The number of carbonyl (C=O) groups is 2. The van der Waals surface area contributed by atoms with Gasteiger partial charge in [-0.15, -0.1) is 0 Å². The summed E-state index contributed by atoms with van der Waals surface area (Å²) >= 11 is 0. The van der Waals surface area contributed by atoms with Gasteiger partial charge in [0.05, 0.1) is 13.2 Å². The minimum atomic E-state index is -0.832. The van der Waals surface area contributed by atoms with Gasteiger partial charge in [0.2, 0.25) is 5.91 Å². The van der Waals surface area contributed by atoms with Crippen molar-refractivity contribution >= 4 is 17.6 Å². The SMILES string of the molecule is COCCNCC(=O)Nc1cccc(CCC(=O)O)c1. The lowest BCUT2D eigenvalue weighted by Gasteiger charge is -2.08. The molecule has 1 amide bonds. The number of rotatable bonds is 9. The van der Waals surface area contributed by atoms with Crippen LogP contribution in [0.15, 0.2) is 24.3 Å². The predicted octanol–water partition coefficient (Wildman–Crippen LogP) is 0.878. The number of carboxylic acid groups (broad SMARTS) is 1. The molecule has 0 aliphatic rings. The Bertz CT molecular complexity index is 449. The van der Waals surface area contributed by atoms with Gasteiger partial charge in [-0.3, -0.25) is 9.59 Å². The molecule has 0 spiro atoms. The highest BCUT2D eigenvalue weighted by atomic mass is 16.5. The molecule has 0 saturated carbocycles. The van der Waals surface area contributed by atoms with Gasteiger partial charge < -0.3 is 20.5 Å². The maximum atomic E-state index is 11.6.